The highest BCUT2D eigenvalue weighted by Gasteiger charge is 2.24. The van der Waals surface area contributed by atoms with Gasteiger partial charge in [0.05, 0.1) is 21.7 Å². The van der Waals surface area contributed by atoms with Crippen molar-refractivity contribution in [2.75, 3.05) is 0 Å². The fourth-order valence-corrected chi connectivity index (χ4v) is 3.53. The molecule has 0 unspecified atom stereocenters. The third kappa shape index (κ3) is 1.89. The van der Waals surface area contributed by atoms with Crippen molar-refractivity contribution in [1.82, 2.24) is 4.57 Å². The Kier molecular flexibility index (Phi) is 3.68. The van der Waals surface area contributed by atoms with Crippen LogP contribution in [0.5, 0.6) is 0 Å². The third-order valence-corrected chi connectivity index (χ3v) is 4.48. The van der Waals surface area contributed by atoms with E-state index in [4.69, 9.17) is 28.9 Å². The van der Waals surface area contributed by atoms with Gasteiger partial charge < -0.3 is 10.3 Å². The Hall–Kier alpha value is 0.0700. The van der Waals surface area contributed by atoms with E-state index < -0.39 is 0 Å². The van der Waals surface area contributed by atoms with Gasteiger partial charge in [-0.25, -0.2) is 0 Å². The van der Waals surface area contributed by atoms with Gasteiger partial charge in [-0.2, -0.15) is 0 Å². The van der Waals surface area contributed by atoms with Crippen molar-refractivity contribution in [3.63, 3.8) is 0 Å². The highest BCUT2D eigenvalue weighted by molar-refractivity contribution is 9.10. The average molecular weight is 356 g/mol. The van der Waals surface area contributed by atoms with Crippen LogP contribution >= 0.6 is 51.5 Å². The number of nitrogens with zero attached hydrogens (tertiary/aromatic N) is 1. The topological polar surface area (TPSA) is 30.9 Å². The molecule has 1 aliphatic heterocycles. The van der Waals surface area contributed by atoms with E-state index >= 15 is 0 Å². The van der Waals surface area contributed by atoms with Crippen molar-refractivity contribution < 1.29 is 0 Å². The lowest BCUT2D eigenvalue weighted by atomic mass is 10.2. The molecule has 6 heteroatoms. The summed E-state index contributed by atoms with van der Waals surface area (Å²) in [5.74, 6) is 0. The molecule has 0 saturated heterocycles. The summed E-state index contributed by atoms with van der Waals surface area (Å²) in [6, 6.07) is 3.91. The Balaban J connectivity index is 0.00000108. The molecule has 1 aromatic carbocycles. The summed E-state index contributed by atoms with van der Waals surface area (Å²) < 4.78 is 3.09. The number of hydrogen-bond acceptors (Lipinski definition) is 1. The number of rotatable bonds is 0. The third-order valence-electron chi connectivity index (χ3n) is 3.07. The van der Waals surface area contributed by atoms with Crippen LogP contribution < -0.4 is 5.73 Å². The molecule has 2 aromatic rings. The molecule has 1 aromatic heterocycles. The Morgan fingerprint density at radius 1 is 1.35 bits per heavy atom. The summed E-state index contributed by atoms with van der Waals surface area (Å²) in [5, 5.41) is 2.15. The summed E-state index contributed by atoms with van der Waals surface area (Å²) in [5.41, 5.74) is 8.36. The summed E-state index contributed by atoms with van der Waals surface area (Å²) in [6.07, 6.45) is 2.02. The SMILES string of the molecule is Cl.N[C@H]1CCc2cc3c(Cl)c(Cl)cc(Br)c3n21. The van der Waals surface area contributed by atoms with Gasteiger partial charge >= 0.3 is 0 Å². The average Bonchev–Trinajstić information content (AvgIpc) is 2.76. The van der Waals surface area contributed by atoms with E-state index in [1.807, 2.05) is 6.07 Å². The minimum absolute atomic E-state index is 0. The van der Waals surface area contributed by atoms with Gasteiger partial charge in [-0.3, -0.25) is 0 Å². The van der Waals surface area contributed by atoms with Gasteiger partial charge in [0.15, 0.2) is 0 Å². The first-order valence-electron chi connectivity index (χ1n) is 5.02. The first kappa shape index (κ1) is 13.5. The molecule has 0 spiro atoms. The Bertz CT molecular complexity index is 594. The molecule has 0 radical (unpaired) electrons. The molecule has 1 atom stereocenters. The lowest BCUT2D eigenvalue weighted by Crippen LogP contribution is -2.13. The second kappa shape index (κ2) is 4.63. The smallest absolute Gasteiger partial charge is 0.0821 e. The van der Waals surface area contributed by atoms with Gasteiger partial charge in [-0.05, 0) is 40.9 Å². The quantitative estimate of drug-likeness (QED) is 0.691. The van der Waals surface area contributed by atoms with E-state index in [1.165, 1.54) is 5.69 Å². The zero-order chi connectivity index (χ0) is 11.4. The highest BCUT2D eigenvalue weighted by Crippen LogP contribution is 2.41. The monoisotopic (exact) mass is 354 g/mol. The van der Waals surface area contributed by atoms with Crippen LogP contribution in [0.4, 0.5) is 0 Å². The zero-order valence-electron chi connectivity index (χ0n) is 8.71. The maximum Gasteiger partial charge on any atom is 0.0821 e. The van der Waals surface area contributed by atoms with Gasteiger partial charge in [-0.1, -0.05) is 23.2 Å². The van der Waals surface area contributed by atoms with Crippen molar-refractivity contribution in [2.45, 2.75) is 19.0 Å². The lowest BCUT2D eigenvalue weighted by Gasteiger charge is -2.11. The molecule has 0 fully saturated rings. The minimum Gasteiger partial charge on any atom is -0.328 e. The van der Waals surface area contributed by atoms with Crippen LogP contribution in [-0.4, -0.2) is 4.57 Å². The predicted molar refractivity (Wildman–Crippen MR) is 78.5 cm³/mol. The number of benzene rings is 1. The fraction of sp³-hybridized carbons (Fsp3) is 0.273. The van der Waals surface area contributed by atoms with Crippen molar-refractivity contribution in [3.05, 3.63) is 32.3 Å². The Labute approximate surface area is 124 Å². The summed E-state index contributed by atoms with van der Waals surface area (Å²) in [4.78, 5) is 0. The van der Waals surface area contributed by atoms with Gasteiger partial charge in [-0.15, -0.1) is 12.4 Å². The maximum absolute atomic E-state index is 6.21. The Morgan fingerprint density at radius 2 is 2.06 bits per heavy atom. The largest absolute Gasteiger partial charge is 0.328 e. The maximum atomic E-state index is 6.21. The van der Waals surface area contributed by atoms with E-state index in [0.29, 0.717) is 10.0 Å². The predicted octanol–water partition coefficient (Wildman–Crippen LogP) is 4.54. The van der Waals surface area contributed by atoms with Crippen molar-refractivity contribution in [2.24, 2.45) is 5.73 Å². The standard InChI is InChI=1S/C11H9BrCl2N2.ClH/c12-7-4-8(13)10(14)6-3-5-1-2-9(15)16(5)11(6)7;/h3-4,9H,1-2,15H2;1H/t9-;/m1./s1. The lowest BCUT2D eigenvalue weighted by molar-refractivity contribution is 0.566. The molecular weight excluding hydrogens is 346 g/mol. The number of nitrogens with two attached hydrogens (primary N) is 1. The number of hydrogen-bond donors (Lipinski definition) is 1. The van der Waals surface area contributed by atoms with Crippen LogP contribution in [0.15, 0.2) is 16.6 Å². The van der Waals surface area contributed by atoms with E-state index in [1.54, 1.807) is 0 Å². The summed E-state index contributed by atoms with van der Waals surface area (Å²) in [6.45, 7) is 0. The number of fused-ring (bicyclic) bond motifs is 3. The molecule has 3 rings (SSSR count). The Morgan fingerprint density at radius 3 is 2.76 bits per heavy atom. The first-order chi connectivity index (χ1) is 7.59. The second-order valence-corrected chi connectivity index (χ2v) is 5.67. The molecule has 17 heavy (non-hydrogen) atoms. The molecule has 0 saturated carbocycles. The van der Waals surface area contributed by atoms with Gasteiger partial charge in [0, 0.05) is 15.6 Å². The first-order valence-corrected chi connectivity index (χ1v) is 6.57. The zero-order valence-corrected chi connectivity index (χ0v) is 12.6. The highest BCUT2D eigenvalue weighted by atomic mass is 79.9. The van der Waals surface area contributed by atoms with Gasteiger partial charge in [0.1, 0.15) is 0 Å². The van der Waals surface area contributed by atoms with E-state index in [9.17, 15) is 0 Å². The molecule has 1 aliphatic rings. The number of aryl methyl sites for hydroxylation is 1. The minimum atomic E-state index is 0. The molecule has 0 amide bonds. The molecule has 0 aliphatic carbocycles. The van der Waals surface area contributed by atoms with Crippen LogP contribution in [0.2, 0.25) is 10.0 Å². The van der Waals surface area contributed by atoms with Crippen LogP contribution in [0, 0.1) is 0 Å². The molecular formula is C11H10BrCl3N2. The number of aromatic nitrogens is 1. The van der Waals surface area contributed by atoms with E-state index in [2.05, 4.69) is 26.6 Å². The van der Waals surface area contributed by atoms with Crippen LogP contribution in [0.3, 0.4) is 0 Å². The van der Waals surface area contributed by atoms with E-state index in [-0.39, 0.29) is 18.6 Å². The van der Waals surface area contributed by atoms with Crippen LogP contribution in [0.1, 0.15) is 18.3 Å². The van der Waals surface area contributed by atoms with Gasteiger partial charge in [0.25, 0.3) is 0 Å². The second-order valence-electron chi connectivity index (χ2n) is 4.03. The fourth-order valence-electron chi connectivity index (χ4n) is 2.36. The van der Waals surface area contributed by atoms with Crippen LogP contribution in [0.25, 0.3) is 10.9 Å². The molecule has 2 heterocycles. The van der Waals surface area contributed by atoms with Crippen molar-refractivity contribution >= 4 is 62.4 Å². The normalized spacial score (nSPS) is 18.2. The summed E-state index contributed by atoms with van der Waals surface area (Å²) in [7, 11) is 0. The molecule has 92 valence electrons. The van der Waals surface area contributed by atoms with Crippen molar-refractivity contribution in [1.29, 1.82) is 0 Å². The van der Waals surface area contributed by atoms with Gasteiger partial charge in [0.2, 0.25) is 0 Å². The molecule has 2 N–H and O–H groups in total. The van der Waals surface area contributed by atoms with Crippen molar-refractivity contribution in [3.8, 4) is 0 Å². The summed E-state index contributed by atoms with van der Waals surface area (Å²) >= 11 is 15.8. The van der Waals surface area contributed by atoms with E-state index in [0.717, 1.165) is 28.2 Å². The number of halogens is 4. The van der Waals surface area contributed by atoms with Crippen LogP contribution in [-0.2, 0) is 6.42 Å². The molecule has 0 bridgehead atoms. The molecule has 2 nitrogen and oxygen atoms in total.